The molecule has 0 unspecified atom stereocenters. The van der Waals surface area contributed by atoms with Crippen molar-refractivity contribution in [1.29, 1.82) is 0 Å². The van der Waals surface area contributed by atoms with Crippen molar-refractivity contribution >= 4 is 56.7 Å². The van der Waals surface area contributed by atoms with E-state index in [4.69, 9.17) is 0 Å². The molecule has 0 amide bonds. The first-order chi connectivity index (χ1) is 22.8. The van der Waals surface area contributed by atoms with Gasteiger partial charge in [-0.3, -0.25) is 9.59 Å². The lowest BCUT2D eigenvalue weighted by Crippen LogP contribution is -2.07. The highest BCUT2D eigenvalue weighted by atomic mass is 32.1. The molecule has 0 aliphatic heterocycles. The number of hydrogen-bond donors (Lipinski definition) is 0. The van der Waals surface area contributed by atoms with Gasteiger partial charge in [0.05, 0.1) is 0 Å². The van der Waals surface area contributed by atoms with Gasteiger partial charge in [-0.25, -0.2) is 0 Å². The molecule has 0 spiro atoms. The molecule has 0 saturated heterocycles. The number of hydrogen-bond acceptors (Lipinski definition) is 5. The largest absolute Gasteiger partial charge is 0.289 e. The molecule has 2 aromatic carbocycles. The highest BCUT2D eigenvalue weighted by Crippen LogP contribution is 2.42. The number of allylic oxidation sites excluding steroid dienone is 10. The zero-order chi connectivity index (χ0) is 32.7. The Morgan fingerprint density at radius 2 is 0.830 bits per heavy atom. The van der Waals surface area contributed by atoms with Crippen LogP contribution in [-0.4, -0.2) is 11.6 Å². The molecular weight excluding hydrogens is 633 g/mol. The molecule has 2 aliphatic rings. The van der Waals surface area contributed by atoms with Crippen molar-refractivity contribution in [2.45, 2.75) is 27.7 Å². The summed E-state index contributed by atoms with van der Waals surface area (Å²) < 4.78 is 0. The molecule has 3 aromatic heterocycles. The third kappa shape index (κ3) is 6.10. The van der Waals surface area contributed by atoms with Crippen LogP contribution in [0.3, 0.4) is 0 Å². The lowest BCUT2D eigenvalue weighted by atomic mass is 9.89. The Balaban J connectivity index is 1.39. The van der Waals surface area contributed by atoms with Gasteiger partial charge in [0.25, 0.3) is 0 Å². The van der Waals surface area contributed by atoms with Crippen LogP contribution in [0, 0.1) is 0 Å². The normalized spacial score (nSPS) is 14.9. The SMILES string of the molecule is CC1=CC(=C(c2ccc(-c3cccs3)cc2)c2ccc(C(=C3C=C(C)C(=O)C(C)=C3)c3ccc(-c4cccs4)cc3)s2)C=C(C)C1=O. The zero-order valence-electron chi connectivity index (χ0n) is 26.6. The first kappa shape index (κ1) is 30.9. The highest BCUT2D eigenvalue weighted by Gasteiger charge is 2.22. The second kappa shape index (κ2) is 12.8. The smallest absolute Gasteiger partial charge is 0.184 e. The molecule has 5 aromatic rings. The predicted octanol–water partition coefficient (Wildman–Crippen LogP) is 11.8. The Labute approximate surface area is 287 Å². The first-order valence-corrected chi connectivity index (χ1v) is 18.0. The van der Waals surface area contributed by atoms with Gasteiger partial charge in [0.1, 0.15) is 0 Å². The molecule has 0 fully saturated rings. The van der Waals surface area contributed by atoms with Crippen molar-refractivity contribution in [2.75, 3.05) is 0 Å². The number of Topliss-reactive ketones (excluding diaryl/α,β-unsaturated/α-hetero) is 2. The van der Waals surface area contributed by atoms with E-state index in [2.05, 4.69) is 95.7 Å². The molecule has 0 N–H and O–H groups in total. The lowest BCUT2D eigenvalue weighted by molar-refractivity contribution is -0.113. The Morgan fingerprint density at radius 1 is 0.468 bits per heavy atom. The van der Waals surface area contributed by atoms with Gasteiger partial charge >= 0.3 is 0 Å². The summed E-state index contributed by atoms with van der Waals surface area (Å²) in [5, 5.41) is 4.20. The molecule has 3 heterocycles. The van der Waals surface area contributed by atoms with Gasteiger partial charge in [-0.1, -0.05) is 60.7 Å². The van der Waals surface area contributed by atoms with Gasteiger partial charge in [-0.05, 0) is 143 Å². The summed E-state index contributed by atoms with van der Waals surface area (Å²) in [6.45, 7) is 7.58. The number of thiophene rings is 3. The van der Waals surface area contributed by atoms with E-state index in [9.17, 15) is 9.59 Å². The van der Waals surface area contributed by atoms with Crippen molar-refractivity contribution in [3.8, 4) is 20.9 Å². The van der Waals surface area contributed by atoms with Crippen LogP contribution in [0.2, 0.25) is 0 Å². The third-order valence-corrected chi connectivity index (χ3v) is 11.5. The average Bonchev–Trinajstić information content (AvgIpc) is 3.88. The molecule has 7 rings (SSSR count). The third-order valence-electron chi connectivity index (χ3n) is 8.56. The Kier molecular flexibility index (Phi) is 8.46. The van der Waals surface area contributed by atoms with E-state index in [0.717, 1.165) is 65.5 Å². The number of carbonyl (C=O) groups is 2. The number of carbonyl (C=O) groups excluding carboxylic acids is 2. The minimum absolute atomic E-state index is 0.0854. The van der Waals surface area contributed by atoms with E-state index in [1.165, 1.54) is 20.9 Å². The number of ketones is 2. The molecule has 230 valence electrons. The van der Waals surface area contributed by atoms with Crippen LogP contribution in [0.1, 0.15) is 48.6 Å². The van der Waals surface area contributed by atoms with Crippen LogP contribution in [-0.2, 0) is 9.59 Å². The van der Waals surface area contributed by atoms with E-state index in [0.29, 0.717) is 0 Å². The summed E-state index contributed by atoms with van der Waals surface area (Å²) in [5.41, 5.74) is 11.8. The monoisotopic (exact) mass is 664 g/mol. The van der Waals surface area contributed by atoms with Gasteiger partial charge in [0, 0.05) is 30.7 Å². The second-order valence-electron chi connectivity index (χ2n) is 11.9. The van der Waals surface area contributed by atoms with Crippen LogP contribution >= 0.6 is 34.0 Å². The predicted molar refractivity (Wildman–Crippen MR) is 201 cm³/mol. The van der Waals surface area contributed by atoms with E-state index in [1.807, 2.05) is 52.0 Å². The lowest BCUT2D eigenvalue weighted by Gasteiger charge is -2.17. The van der Waals surface area contributed by atoms with Crippen LogP contribution in [0.25, 0.3) is 32.0 Å². The Hall–Kier alpha value is -4.68. The van der Waals surface area contributed by atoms with Crippen LogP contribution in [0.5, 0.6) is 0 Å². The fraction of sp³-hybridized carbons (Fsp3) is 0.0952. The zero-order valence-corrected chi connectivity index (χ0v) is 29.0. The second-order valence-corrected chi connectivity index (χ2v) is 14.9. The minimum Gasteiger partial charge on any atom is -0.289 e. The summed E-state index contributed by atoms with van der Waals surface area (Å²) in [6.07, 6.45) is 8.07. The maximum absolute atomic E-state index is 12.7. The summed E-state index contributed by atoms with van der Waals surface area (Å²) in [5.74, 6) is 0.171. The van der Waals surface area contributed by atoms with Crippen molar-refractivity contribution < 1.29 is 9.59 Å². The van der Waals surface area contributed by atoms with Crippen molar-refractivity contribution in [1.82, 2.24) is 0 Å². The molecular formula is C42H32O2S3. The standard InChI is InChI=1S/C42H32O2S3/c1-25-21-33(22-26(2)41(25)43)39(31-13-9-29(10-14-31)35-7-5-19-45-35)37-17-18-38(47-37)40(34-23-27(3)42(44)28(4)24-34)32-15-11-30(12-16-32)36-8-6-20-46-36/h5-24H,1-4H3. The summed E-state index contributed by atoms with van der Waals surface area (Å²) in [7, 11) is 0. The molecule has 47 heavy (non-hydrogen) atoms. The maximum atomic E-state index is 12.7. The molecule has 0 bridgehead atoms. The molecule has 0 saturated carbocycles. The quantitative estimate of drug-likeness (QED) is 0.181. The fourth-order valence-electron chi connectivity index (χ4n) is 6.19. The van der Waals surface area contributed by atoms with Gasteiger partial charge in [0.2, 0.25) is 0 Å². The average molecular weight is 665 g/mol. The van der Waals surface area contributed by atoms with Crippen LogP contribution in [0.4, 0.5) is 0 Å². The van der Waals surface area contributed by atoms with Crippen molar-refractivity contribution in [2.24, 2.45) is 0 Å². The van der Waals surface area contributed by atoms with Crippen LogP contribution < -0.4 is 0 Å². The summed E-state index contributed by atoms with van der Waals surface area (Å²) >= 11 is 5.20. The van der Waals surface area contributed by atoms with E-state index < -0.39 is 0 Å². The Bertz CT molecular complexity index is 2000. The van der Waals surface area contributed by atoms with Gasteiger partial charge in [-0.15, -0.1) is 34.0 Å². The highest BCUT2D eigenvalue weighted by molar-refractivity contribution is 7.14. The molecule has 2 nitrogen and oxygen atoms in total. The van der Waals surface area contributed by atoms with Gasteiger partial charge < -0.3 is 0 Å². The number of rotatable bonds is 6. The summed E-state index contributed by atoms with van der Waals surface area (Å²) in [4.78, 5) is 30.2. The van der Waals surface area contributed by atoms with E-state index in [-0.39, 0.29) is 11.6 Å². The maximum Gasteiger partial charge on any atom is 0.184 e. The topological polar surface area (TPSA) is 34.1 Å². The Morgan fingerprint density at radius 3 is 1.15 bits per heavy atom. The fourth-order valence-corrected chi connectivity index (χ4v) is 8.84. The van der Waals surface area contributed by atoms with Gasteiger partial charge in [-0.2, -0.15) is 0 Å². The van der Waals surface area contributed by atoms with E-state index >= 15 is 0 Å². The van der Waals surface area contributed by atoms with Gasteiger partial charge in [0.15, 0.2) is 11.6 Å². The minimum atomic E-state index is 0.0854. The van der Waals surface area contributed by atoms with E-state index in [1.54, 1.807) is 34.0 Å². The molecule has 0 radical (unpaired) electrons. The molecule has 0 atom stereocenters. The first-order valence-electron chi connectivity index (χ1n) is 15.5. The van der Waals surface area contributed by atoms with Crippen molar-refractivity contribution in [3.05, 3.63) is 174 Å². The molecule has 5 heteroatoms. The van der Waals surface area contributed by atoms with Crippen molar-refractivity contribution in [3.63, 3.8) is 0 Å². The van der Waals surface area contributed by atoms with Crippen LogP contribution in [0.15, 0.2) is 153 Å². The number of benzene rings is 2. The summed E-state index contributed by atoms with van der Waals surface area (Å²) in [6, 6.07) is 30.3. The molecule has 2 aliphatic carbocycles.